The number of hydrogen-bond donors (Lipinski definition) is 1. The van der Waals surface area contributed by atoms with Gasteiger partial charge < -0.3 is 15.0 Å². The molecule has 3 rings (SSSR count). The molecule has 1 aliphatic carbocycles. The van der Waals surface area contributed by atoms with E-state index < -0.39 is 5.97 Å². The normalized spacial score (nSPS) is 20.9. The van der Waals surface area contributed by atoms with Crippen LogP contribution >= 0.6 is 22.9 Å². The molecule has 24 heavy (non-hydrogen) atoms. The molecule has 2 heterocycles. The van der Waals surface area contributed by atoms with Crippen LogP contribution in [0.2, 0.25) is 5.15 Å². The molecule has 0 amide bonds. The number of carbonyl (C=O) groups excluding carboxylic acids is 1. The van der Waals surface area contributed by atoms with Crippen LogP contribution in [0.1, 0.15) is 54.6 Å². The zero-order valence-corrected chi connectivity index (χ0v) is 15.8. The Morgan fingerprint density at radius 1 is 1.29 bits per heavy atom. The summed E-state index contributed by atoms with van der Waals surface area (Å²) in [6, 6.07) is 0.403. The highest BCUT2D eigenvalue weighted by atomic mass is 35.5. The van der Waals surface area contributed by atoms with Gasteiger partial charge in [0.05, 0.1) is 7.11 Å². The predicted molar refractivity (Wildman–Crippen MR) is 98.1 cm³/mol. The quantitative estimate of drug-likeness (QED) is 0.791. The van der Waals surface area contributed by atoms with Crippen LogP contribution in [0.4, 0.5) is 5.13 Å². The predicted octanol–water partition coefficient (Wildman–Crippen LogP) is 4.04. The lowest BCUT2D eigenvalue weighted by atomic mass is 9.88. The summed E-state index contributed by atoms with van der Waals surface area (Å²) in [6.07, 6.45) is 9.28. The number of nitrogens with zero attached hydrogens (tertiary/aromatic N) is 2. The maximum Gasteiger partial charge on any atom is 0.351 e. The first kappa shape index (κ1) is 18.0. The first-order valence-corrected chi connectivity index (χ1v) is 10.1. The van der Waals surface area contributed by atoms with Crippen LogP contribution in [0, 0.1) is 5.92 Å². The van der Waals surface area contributed by atoms with Crippen molar-refractivity contribution < 1.29 is 9.53 Å². The summed E-state index contributed by atoms with van der Waals surface area (Å²) in [5.41, 5.74) is 0. The minimum Gasteiger partial charge on any atom is -0.465 e. The van der Waals surface area contributed by atoms with E-state index in [-0.39, 0.29) is 5.15 Å². The standard InChI is InChI=1S/C17H26ClN3O2S/c1-23-16(22)14-15(18)20-17(24-14)19-13-7-9-21(10-8-13)11-12-5-3-2-4-6-12/h12-13H,2-11H2,1H3,(H,19,20). The van der Waals surface area contributed by atoms with Crippen LogP contribution in [0.5, 0.6) is 0 Å². The van der Waals surface area contributed by atoms with E-state index in [4.69, 9.17) is 16.3 Å². The van der Waals surface area contributed by atoms with Crippen LogP contribution in [0.15, 0.2) is 0 Å². The van der Waals surface area contributed by atoms with Crippen molar-refractivity contribution in [1.29, 1.82) is 0 Å². The van der Waals surface area contributed by atoms with E-state index in [1.807, 2.05) is 0 Å². The smallest absolute Gasteiger partial charge is 0.351 e. The molecule has 0 unspecified atom stereocenters. The minimum absolute atomic E-state index is 0.226. The molecule has 1 N–H and O–H groups in total. The molecule has 0 spiro atoms. The summed E-state index contributed by atoms with van der Waals surface area (Å²) in [4.78, 5) is 18.8. The minimum atomic E-state index is -0.423. The van der Waals surface area contributed by atoms with Crippen molar-refractivity contribution in [3.8, 4) is 0 Å². The fourth-order valence-corrected chi connectivity index (χ4v) is 4.93. The SMILES string of the molecule is COC(=O)c1sc(NC2CCN(CC3CCCCC3)CC2)nc1Cl. The van der Waals surface area contributed by atoms with Crippen molar-refractivity contribution in [3.63, 3.8) is 0 Å². The summed E-state index contributed by atoms with van der Waals surface area (Å²) in [7, 11) is 1.35. The molecule has 7 heteroatoms. The van der Waals surface area contributed by atoms with Gasteiger partial charge in [0.2, 0.25) is 0 Å². The van der Waals surface area contributed by atoms with Crippen LogP contribution in [0.3, 0.4) is 0 Å². The molecular weight excluding hydrogens is 346 g/mol. The van der Waals surface area contributed by atoms with E-state index in [1.165, 1.54) is 57.1 Å². The van der Waals surface area contributed by atoms with Gasteiger partial charge in [-0.3, -0.25) is 0 Å². The van der Waals surface area contributed by atoms with Gasteiger partial charge in [-0.05, 0) is 31.6 Å². The van der Waals surface area contributed by atoms with E-state index in [2.05, 4.69) is 15.2 Å². The molecule has 5 nitrogen and oxygen atoms in total. The Morgan fingerprint density at radius 2 is 2.00 bits per heavy atom. The Hall–Kier alpha value is -0.850. The second-order valence-corrected chi connectivity index (χ2v) is 8.21. The number of halogens is 1. The summed E-state index contributed by atoms with van der Waals surface area (Å²) in [6.45, 7) is 3.54. The lowest BCUT2D eigenvalue weighted by Crippen LogP contribution is -2.41. The summed E-state index contributed by atoms with van der Waals surface area (Å²) >= 11 is 7.29. The molecule has 1 aliphatic heterocycles. The lowest BCUT2D eigenvalue weighted by molar-refractivity contribution is 0.0606. The van der Waals surface area contributed by atoms with Crippen molar-refractivity contribution in [3.05, 3.63) is 10.0 Å². The monoisotopic (exact) mass is 371 g/mol. The third kappa shape index (κ3) is 4.61. The molecule has 134 valence electrons. The van der Waals surface area contributed by atoms with E-state index in [1.54, 1.807) is 0 Å². The molecule has 0 radical (unpaired) electrons. The van der Waals surface area contributed by atoms with Gasteiger partial charge in [-0.2, -0.15) is 0 Å². The number of methoxy groups -OCH3 is 1. The molecule has 0 atom stereocenters. The van der Waals surface area contributed by atoms with Crippen molar-refractivity contribution in [2.75, 3.05) is 32.1 Å². The number of aromatic nitrogens is 1. The number of esters is 1. The number of carbonyl (C=O) groups is 1. The van der Waals surface area contributed by atoms with Crippen molar-refractivity contribution in [2.45, 2.75) is 51.0 Å². The lowest BCUT2D eigenvalue weighted by Gasteiger charge is -2.35. The highest BCUT2D eigenvalue weighted by Crippen LogP contribution is 2.30. The Bertz CT molecular complexity index is 552. The molecule has 1 saturated carbocycles. The van der Waals surface area contributed by atoms with Gasteiger partial charge >= 0.3 is 5.97 Å². The number of hydrogen-bond acceptors (Lipinski definition) is 6. The van der Waals surface area contributed by atoms with Gasteiger partial charge in [-0.1, -0.05) is 42.2 Å². The van der Waals surface area contributed by atoms with E-state index in [0.717, 1.165) is 31.8 Å². The second-order valence-electron chi connectivity index (χ2n) is 6.85. The summed E-state index contributed by atoms with van der Waals surface area (Å²) in [5.74, 6) is 0.483. The topological polar surface area (TPSA) is 54.5 Å². The van der Waals surface area contributed by atoms with Crippen LogP contribution in [-0.4, -0.2) is 48.6 Å². The largest absolute Gasteiger partial charge is 0.465 e. The number of anilines is 1. The molecule has 1 aromatic rings. The molecule has 2 aliphatic rings. The Kier molecular flexibility index (Phi) is 6.36. The van der Waals surface area contributed by atoms with E-state index in [9.17, 15) is 4.79 Å². The molecule has 0 bridgehead atoms. The first-order valence-electron chi connectivity index (χ1n) is 8.89. The Balaban J connectivity index is 1.46. The number of likely N-dealkylation sites (tertiary alicyclic amines) is 1. The molecule has 1 aromatic heterocycles. The summed E-state index contributed by atoms with van der Waals surface area (Å²) in [5, 5.41) is 4.37. The second kappa shape index (κ2) is 8.50. The molecule has 1 saturated heterocycles. The zero-order chi connectivity index (χ0) is 16.9. The van der Waals surface area contributed by atoms with Gasteiger partial charge in [0.25, 0.3) is 0 Å². The van der Waals surface area contributed by atoms with Crippen molar-refractivity contribution in [2.24, 2.45) is 5.92 Å². The van der Waals surface area contributed by atoms with Gasteiger partial charge in [-0.15, -0.1) is 0 Å². The number of thiazole rings is 1. The number of rotatable bonds is 5. The zero-order valence-electron chi connectivity index (χ0n) is 14.2. The number of ether oxygens (including phenoxy) is 1. The third-order valence-electron chi connectivity index (χ3n) is 5.11. The summed E-state index contributed by atoms with van der Waals surface area (Å²) < 4.78 is 4.72. The average molecular weight is 372 g/mol. The number of piperidine rings is 1. The average Bonchev–Trinajstić information content (AvgIpc) is 2.97. The fraction of sp³-hybridized carbons (Fsp3) is 0.765. The molecule has 2 fully saturated rings. The van der Waals surface area contributed by atoms with Crippen molar-refractivity contribution >= 4 is 34.0 Å². The molecule has 0 aromatic carbocycles. The first-order chi connectivity index (χ1) is 11.7. The Labute approximate surface area is 152 Å². The number of nitrogens with one attached hydrogen (secondary N) is 1. The maximum absolute atomic E-state index is 11.6. The van der Waals surface area contributed by atoms with E-state index in [0.29, 0.717) is 16.1 Å². The highest BCUT2D eigenvalue weighted by molar-refractivity contribution is 7.18. The molecular formula is C17H26ClN3O2S. The van der Waals surface area contributed by atoms with Gasteiger partial charge in [0.15, 0.2) is 15.2 Å². The Morgan fingerprint density at radius 3 is 2.67 bits per heavy atom. The van der Waals surface area contributed by atoms with E-state index >= 15 is 0 Å². The van der Waals surface area contributed by atoms with Crippen LogP contribution < -0.4 is 5.32 Å². The van der Waals surface area contributed by atoms with Gasteiger partial charge in [-0.25, -0.2) is 9.78 Å². The third-order valence-corrected chi connectivity index (χ3v) is 6.47. The van der Waals surface area contributed by atoms with Crippen LogP contribution in [0.25, 0.3) is 0 Å². The van der Waals surface area contributed by atoms with Gasteiger partial charge in [0, 0.05) is 25.7 Å². The highest BCUT2D eigenvalue weighted by Gasteiger charge is 2.24. The van der Waals surface area contributed by atoms with Crippen molar-refractivity contribution in [1.82, 2.24) is 9.88 Å². The van der Waals surface area contributed by atoms with Gasteiger partial charge in [0.1, 0.15) is 0 Å². The fourth-order valence-electron chi connectivity index (χ4n) is 3.75. The maximum atomic E-state index is 11.6. The van der Waals surface area contributed by atoms with Crippen LogP contribution in [-0.2, 0) is 4.74 Å².